The van der Waals surface area contributed by atoms with Gasteiger partial charge in [0, 0.05) is 48.3 Å². The van der Waals surface area contributed by atoms with E-state index in [-0.39, 0.29) is 17.7 Å². The fraction of sp³-hybridized carbons (Fsp3) is 0.476. The molecule has 0 spiro atoms. The van der Waals surface area contributed by atoms with Crippen LogP contribution in [0.1, 0.15) is 41.2 Å². The predicted octanol–water partition coefficient (Wildman–Crippen LogP) is 3.52. The Morgan fingerprint density at radius 1 is 1.11 bits per heavy atom. The highest BCUT2D eigenvalue weighted by Crippen LogP contribution is 2.29. The average Bonchev–Trinajstić information content (AvgIpc) is 3.03. The third kappa shape index (κ3) is 4.41. The highest BCUT2D eigenvalue weighted by molar-refractivity contribution is 7.98. The molecule has 2 heterocycles. The number of benzene rings is 1. The first-order valence-electron chi connectivity index (χ1n) is 9.60. The van der Waals surface area contributed by atoms with Crippen LogP contribution in [-0.4, -0.2) is 52.9 Å². The molecule has 0 unspecified atom stereocenters. The Labute approximate surface area is 170 Å². The van der Waals surface area contributed by atoms with Gasteiger partial charge in [-0.25, -0.2) is 0 Å². The molecule has 0 radical (unpaired) electrons. The highest BCUT2D eigenvalue weighted by atomic mass is 32.2. The normalized spacial score (nSPS) is 14.6. The first kappa shape index (κ1) is 20.5. The number of aryl methyl sites for hydroxylation is 2. The van der Waals surface area contributed by atoms with Crippen LogP contribution in [-0.2, 0) is 10.5 Å². The van der Waals surface area contributed by atoms with E-state index in [1.54, 1.807) is 11.8 Å². The summed E-state index contributed by atoms with van der Waals surface area (Å²) in [5.74, 6) is 1.70. The van der Waals surface area contributed by atoms with Crippen LogP contribution in [0.25, 0.3) is 0 Å². The molecule has 6 nitrogen and oxygen atoms in total. The quantitative estimate of drug-likeness (QED) is 0.717. The molecule has 3 rings (SSSR count). The lowest BCUT2D eigenvalue weighted by atomic mass is 10.1. The molecular weight excluding hydrogens is 374 g/mol. The van der Waals surface area contributed by atoms with Gasteiger partial charge in [-0.05, 0) is 26.0 Å². The lowest BCUT2D eigenvalue weighted by Crippen LogP contribution is -2.51. The summed E-state index contributed by atoms with van der Waals surface area (Å²) >= 11 is 1.62. The van der Waals surface area contributed by atoms with Crippen molar-refractivity contribution in [3.63, 3.8) is 0 Å². The number of piperazine rings is 1. The molecule has 2 aromatic rings. The third-order valence-corrected chi connectivity index (χ3v) is 6.14. The number of rotatable bonds is 5. The van der Waals surface area contributed by atoms with Gasteiger partial charge in [0.25, 0.3) is 5.91 Å². The summed E-state index contributed by atoms with van der Waals surface area (Å²) in [5.41, 5.74) is 2.68. The van der Waals surface area contributed by atoms with Crippen LogP contribution in [0.3, 0.4) is 0 Å². The zero-order chi connectivity index (χ0) is 20.3. The van der Waals surface area contributed by atoms with E-state index in [1.807, 2.05) is 61.8 Å². The Kier molecular flexibility index (Phi) is 6.44. The first-order valence-corrected chi connectivity index (χ1v) is 10.6. The van der Waals surface area contributed by atoms with Crippen molar-refractivity contribution in [1.82, 2.24) is 15.0 Å². The van der Waals surface area contributed by atoms with Gasteiger partial charge in [0.05, 0.1) is 11.3 Å². The molecular formula is C21H27N3O3S. The molecule has 0 bridgehead atoms. The zero-order valence-corrected chi connectivity index (χ0v) is 17.7. The van der Waals surface area contributed by atoms with Gasteiger partial charge < -0.3 is 14.3 Å². The van der Waals surface area contributed by atoms with Crippen LogP contribution in [0, 0.1) is 19.8 Å². The maximum absolute atomic E-state index is 13.1. The van der Waals surface area contributed by atoms with Gasteiger partial charge in [-0.1, -0.05) is 31.1 Å². The number of hydrogen-bond donors (Lipinski definition) is 0. The summed E-state index contributed by atoms with van der Waals surface area (Å²) in [6.45, 7) is 9.99. The van der Waals surface area contributed by atoms with Crippen molar-refractivity contribution >= 4 is 23.6 Å². The number of nitrogens with zero attached hydrogens (tertiary/aromatic N) is 3. The molecule has 0 aliphatic carbocycles. The van der Waals surface area contributed by atoms with Crippen LogP contribution >= 0.6 is 11.8 Å². The summed E-state index contributed by atoms with van der Waals surface area (Å²) in [6, 6.07) is 7.70. The second-order valence-corrected chi connectivity index (χ2v) is 8.38. The Balaban J connectivity index is 1.67. The summed E-state index contributed by atoms with van der Waals surface area (Å²) < 4.78 is 5.23. The molecule has 0 atom stereocenters. The van der Waals surface area contributed by atoms with Crippen molar-refractivity contribution in [2.45, 2.75) is 38.3 Å². The molecule has 150 valence electrons. The van der Waals surface area contributed by atoms with E-state index in [4.69, 9.17) is 4.52 Å². The summed E-state index contributed by atoms with van der Waals surface area (Å²) in [7, 11) is 0. The number of amides is 2. The van der Waals surface area contributed by atoms with Gasteiger partial charge in [-0.3, -0.25) is 9.59 Å². The van der Waals surface area contributed by atoms with E-state index in [0.717, 1.165) is 21.9 Å². The number of carbonyl (C=O) groups excluding carboxylic acids is 2. The number of hydrogen-bond acceptors (Lipinski definition) is 5. The lowest BCUT2D eigenvalue weighted by molar-refractivity contribution is -0.135. The topological polar surface area (TPSA) is 66.7 Å². The summed E-state index contributed by atoms with van der Waals surface area (Å²) in [5, 5.41) is 4.00. The number of aromatic nitrogens is 1. The van der Waals surface area contributed by atoms with Crippen LogP contribution < -0.4 is 0 Å². The molecule has 1 aromatic heterocycles. The molecule has 28 heavy (non-hydrogen) atoms. The van der Waals surface area contributed by atoms with Gasteiger partial charge in [0.1, 0.15) is 5.76 Å². The van der Waals surface area contributed by atoms with Gasteiger partial charge in [-0.2, -0.15) is 0 Å². The Morgan fingerprint density at radius 3 is 2.36 bits per heavy atom. The predicted molar refractivity (Wildman–Crippen MR) is 109 cm³/mol. The van der Waals surface area contributed by atoms with E-state index in [0.29, 0.717) is 37.5 Å². The Hall–Kier alpha value is -2.28. The van der Waals surface area contributed by atoms with E-state index >= 15 is 0 Å². The molecule has 7 heteroatoms. The number of thioether (sulfide) groups is 1. The average molecular weight is 402 g/mol. The van der Waals surface area contributed by atoms with Crippen molar-refractivity contribution in [1.29, 1.82) is 0 Å². The van der Waals surface area contributed by atoms with Crippen LogP contribution in [0.2, 0.25) is 0 Å². The van der Waals surface area contributed by atoms with Crippen molar-refractivity contribution in [2.75, 3.05) is 26.2 Å². The second-order valence-electron chi connectivity index (χ2n) is 7.36. The van der Waals surface area contributed by atoms with Gasteiger partial charge >= 0.3 is 0 Å². The second kappa shape index (κ2) is 8.82. The van der Waals surface area contributed by atoms with E-state index < -0.39 is 0 Å². The molecule has 0 saturated carbocycles. The zero-order valence-electron chi connectivity index (χ0n) is 16.9. The molecule has 1 aliphatic heterocycles. The van der Waals surface area contributed by atoms with Crippen molar-refractivity contribution in [3.05, 3.63) is 46.8 Å². The minimum absolute atomic E-state index is 0.0105. The van der Waals surface area contributed by atoms with Crippen molar-refractivity contribution in [2.24, 2.45) is 5.92 Å². The maximum Gasteiger partial charge on any atom is 0.255 e. The summed E-state index contributed by atoms with van der Waals surface area (Å²) in [6.07, 6.45) is 0. The van der Waals surface area contributed by atoms with E-state index in [1.165, 1.54) is 0 Å². The third-order valence-electron chi connectivity index (χ3n) is 5.04. The number of carbonyl (C=O) groups is 2. The molecule has 1 aromatic carbocycles. The minimum Gasteiger partial charge on any atom is -0.361 e. The van der Waals surface area contributed by atoms with E-state index in [9.17, 15) is 9.59 Å². The Bertz CT molecular complexity index is 835. The molecule has 1 saturated heterocycles. The van der Waals surface area contributed by atoms with Gasteiger partial charge in [-0.15, -0.1) is 11.8 Å². The van der Waals surface area contributed by atoms with Crippen LogP contribution in [0.5, 0.6) is 0 Å². The van der Waals surface area contributed by atoms with Crippen LogP contribution in [0.4, 0.5) is 0 Å². The molecule has 1 aliphatic rings. The van der Waals surface area contributed by atoms with E-state index in [2.05, 4.69) is 5.16 Å². The molecule has 2 amide bonds. The van der Waals surface area contributed by atoms with Gasteiger partial charge in [0.15, 0.2) is 0 Å². The van der Waals surface area contributed by atoms with Crippen LogP contribution in [0.15, 0.2) is 33.7 Å². The fourth-order valence-electron chi connectivity index (χ4n) is 3.29. The highest BCUT2D eigenvalue weighted by Gasteiger charge is 2.27. The SMILES string of the molecule is Cc1noc(C)c1CSc1ccccc1C(=O)N1CCN(C(=O)C(C)C)CC1. The van der Waals surface area contributed by atoms with Crippen molar-refractivity contribution in [3.8, 4) is 0 Å². The summed E-state index contributed by atoms with van der Waals surface area (Å²) in [4.78, 5) is 29.9. The molecule has 1 fully saturated rings. The monoisotopic (exact) mass is 401 g/mol. The van der Waals surface area contributed by atoms with Gasteiger partial charge in [0.2, 0.25) is 5.91 Å². The molecule has 0 N–H and O–H groups in total. The largest absolute Gasteiger partial charge is 0.361 e. The maximum atomic E-state index is 13.1. The smallest absolute Gasteiger partial charge is 0.255 e. The fourth-order valence-corrected chi connectivity index (χ4v) is 4.49. The van der Waals surface area contributed by atoms with Crippen molar-refractivity contribution < 1.29 is 14.1 Å². The standard InChI is InChI=1S/C21H27N3O3S/c1-14(2)20(25)23-9-11-24(12-10-23)21(26)17-7-5-6-8-19(17)28-13-18-15(3)22-27-16(18)4/h5-8,14H,9-13H2,1-4H3. The Morgan fingerprint density at radius 2 is 1.75 bits per heavy atom. The minimum atomic E-state index is -0.0105. The lowest BCUT2D eigenvalue weighted by Gasteiger charge is -2.35. The first-order chi connectivity index (χ1) is 13.4.